The molecule has 0 aromatic heterocycles. The highest BCUT2D eigenvalue weighted by molar-refractivity contribution is 5.93. The Labute approximate surface area is 89.8 Å². The number of nitrogens with two attached hydrogens (primary N) is 1. The van der Waals surface area contributed by atoms with Crippen molar-refractivity contribution in [2.24, 2.45) is 5.92 Å². The maximum atomic E-state index is 11.4. The van der Waals surface area contributed by atoms with Crippen LogP contribution in [0.1, 0.15) is 24.8 Å². The largest absolute Gasteiger partial charge is 0.399 e. The minimum absolute atomic E-state index is 0.231. The van der Waals surface area contributed by atoms with Gasteiger partial charge < -0.3 is 5.73 Å². The molecule has 0 atom stereocenters. The van der Waals surface area contributed by atoms with E-state index in [1.165, 1.54) is 12.8 Å². The average Bonchev–Trinajstić information content (AvgIpc) is 3.01. The van der Waals surface area contributed by atoms with Crippen LogP contribution in [-0.4, -0.2) is 5.78 Å². The van der Waals surface area contributed by atoms with E-state index >= 15 is 0 Å². The minimum atomic E-state index is 0.231. The zero-order valence-electron chi connectivity index (χ0n) is 8.65. The van der Waals surface area contributed by atoms with Gasteiger partial charge in [0.15, 0.2) is 5.78 Å². The molecule has 1 aliphatic rings. The van der Waals surface area contributed by atoms with Crippen molar-refractivity contribution in [3.63, 3.8) is 0 Å². The zero-order valence-corrected chi connectivity index (χ0v) is 8.65. The van der Waals surface area contributed by atoms with Gasteiger partial charge in [0.1, 0.15) is 0 Å². The fourth-order valence-electron chi connectivity index (χ4n) is 1.47. The number of nitrogen functional groups attached to an aromatic ring is 1. The number of allylic oxidation sites excluding steroid dienone is 1. The predicted molar refractivity (Wildman–Crippen MR) is 62.2 cm³/mol. The molecule has 1 aromatic carbocycles. The van der Waals surface area contributed by atoms with Crippen molar-refractivity contribution >= 4 is 17.5 Å². The maximum Gasteiger partial charge on any atom is 0.155 e. The maximum absolute atomic E-state index is 11.4. The van der Waals surface area contributed by atoms with Gasteiger partial charge in [0.25, 0.3) is 0 Å². The third kappa shape index (κ3) is 3.24. The Morgan fingerprint density at radius 3 is 2.60 bits per heavy atom. The van der Waals surface area contributed by atoms with Crippen LogP contribution in [0.25, 0.3) is 6.08 Å². The molecule has 1 aromatic rings. The molecule has 1 aliphatic carbocycles. The van der Waals surface area contributed by atoms with Crippen LogP contribution >= 0.6 is 0 Å². The Balaban J connectivity index is 1.91. The van der Waals surface area contributed by atoms with Crippen LogP contribution in [0.5, 0.6) is 0 Å². The average molecular weight is 201 g/mol. The summed E-state index contributed by atoms with van der Waals surface area (Å²) in [6.45, 7) is 0. The van der Waals surface area contributed by atoms with Crippen molar-refractivity contribution in [1.82, 2.24) is 0 Å². The van der Waals surface area contributed by atoms with Crippen LogP contribution in [-0.2, 0) is 4.79 Å². The number of hydrogen-bond donors (Lipinski definition) is 1. The van der Waals surface area contributed by atoms with Crippen molar-refractivity contribution in [1.29, 1.82) is 0 Å². The van der Waals surface area contributed by atoms with Crippen molar-refractivity contribution < 1.29 is 4.79 Å². The van der Waals surface area contributed by atoms with E-state index in [0.29, 0.717) is 12.3 Å². The van der Waals surface area contributed by atoms with E-state index in [0.717, 1.165) is 11.3 Å². The van der Waals surface area contributed by atoms with E-state index in [1.807, 2.05) is 30.3 Å². The Morgan fingerprint density at radius 1 is 1.33 bits per heavy atom. The SMILES string of the molecule is Nc1ccc(/C=C/C(=O)CC2CC2)cc1. The molecule has 0 radical (unpaired) electrons. The summed E-state index contributed by atoms with van der Waals surface area (Å²) in [6.07, 6.45) is 6.68. The Bertz CT molecular complexity index is 374. The molecule has 0 heterocycles. The van der Waals surface area contributed by atoms with E-state index in [9.17, 15) is 4.79 Å². The fourth-order valence-corrected chi connectivity index (χ4v) is 1.47. The lowest BCUT2D eigenvalue weighted by Gasteiger charge is -1.94. The monoisotopic (exact) mass is 201 g/mol. The molecule has 2 rings (SSSR count). The van der Waals surface area contributed by atoms with Crippen molar-refractivity contribution in [2.75, 3.05) is 5.73 Å². The van der Waals surface area contributed by atoms with Crippen LogP contribution < -0.4 is 5.73 Å². The van der Waals surface area contributed by atoms with Gasteiger partial charge in [-0.25, -0.2) is 0 Å². The number of ketones is 1. The van der Waals surface area contributed by atoms with E-state index in [2.05, 4.69) is 0 Å². The predicted octanol–water partition coefficient (Wildman–Crippen LogP) is 2.65. The first-order chi connectivity index (χ1) is 7.24. The van der Waals surface area contributed by atoms with Gasteiger partial charge in [0, 0.05) is 12.1 Å². The molecule has 0 amide bonds. The molecular formula is C13H15NO. The molecular weight excluding hydrogens is 186 g/mol. The van der Waals surface area contributed by atoms with Crippen LogP contribution in [0.3, 0.4) is 0 Å². The van der Waals surface area contributed by atoms with Crippen LogP contribution in [0, 0.1) is 5.92 Å². The molecule has 15 heavy (non-hydrogen) atoms. The number of hydrogen-bond acceptors (Lipinski definition) is 2. The van der Waals surface area contributed by atoms with Crippen LogP contribution in [0.15, 0.2) is 30.3 Å². The van der Waals surface area contributed by atoms with Crippen molar-refractivity contribution in [3.05, 3.63) is 35.9 Å². The zero-order chi connectivity index (χ0) is 10.7. The fraction of sp³-hybridized carbons (Fsp3) is 0.308. The van der Waals surface area contributed by atoms with Gasteiger partial charge in [0.2, 0.25) is 0 Å². The van der Waals surface area contributed by atoms with E-state index in [4.69, 9.17) is 5.73 Å². The summed E-state index contributed by atoms with van der Waals surface area (Å²) in [5.41, 5.74) is 7.33. The first-order valence-corrected chi connectivity index (χ1v) is 5.30. The van der Waals surface area contributed by atoms with Gasteiger partial charge in [-0.3, -0.25) is 4.79 Å². The molecule has 0 unspecified atom stereocenters. The normalized spacial score (nSPS) is 15.7. The highest BCUT2D eigenvalue weighted by atomic mass is 16.1. The van der Waals surface area contributed by atoms with Crippen LogP contribution in [0.2, 0.25) is 0 Å². The van der Waals surface area contributed by atoms with E-state index in [-0.39, 0.29) is 5.78 Å². The second kappa shape index (κ2) is 4.30. The van der Waals surface area contributed by atoms with Gasteiger partial charge in [-0.05, 0) is 42.5 Å². The second-order valence-electron chi connectivity index (χ2n) is 4.11. The van der Waals surface area contributed by atoms with Crippen molar-refractivity contribution in [3.8, 4) is 0 Å². The molecule has 1 saturated carbocycles. The summed E-state index contributed by atoms with van der Waals surface area (Å²) in [5.74, 6) is 0.892. The smallest absolute Gasteiger partial charge is 0.155 e. The number of benzene rings is 1. The van der Waals surface area contributed by atoms with Gasteiger partial charge in [-0.15, -0.1) is 0 Å². The summed E-state index contributed by atoms with van der Waals surface area (Å²) in [5, 5.41) is 0. The summed E-state index contributed by atoms with van der Waals surface area (Å²) in [6, 6.07) is 7.50. The Kier molecular flexibility index (Phi) is 2.86. The molecule has 0 saturated heterocycles. The number of carbonyl (C=O) groups is 1. The number of anilines is 1. The third-order valence-electron chi connectivity index (χ3n) is 2.58. The molecule has 0 bridgehead atoms. The molecule has 0 spiro atoms. The first kappa shape index (κ1) is 9.97. The van der Waals surface area contributed by atoms with Gasteiger partial charge >= 0.3 is 0 Å². The first-order valence-electron chi connectivity index (χ1n) is 5.30. The van der Waals surface area contributed by atoms with Gasteiger partial charge in [-0.1, -0.05) is 18.2 Å². The van der Waals surface area contributed by atoms with E-state index in [1.54, 1.807) is 6.08 Å². The Hall–Kier alpha value is -1.57. The molecule has 2 heteroatoms. The lowest BCUT2D eigenvalue weighted by atomic mass is 10.1. The summed E-state index contributed by atoms with van der Waals surface area (Å²) < 4.78 is 0. The molecule has 78 valence electrons. The lowest BCUT2D eigenvalue weighted by Crippen LogP contribution is -1.93. The summed E-state index contributed by atoms with van der Waals surface area (Å²) in [4.78, 5) is 11.4. The van der Waals surface area contributed by atoms with E-state index < -0.39 is 0 Å². The summed E-state index contributed by atoms with van der Waals surface area (Å²) in [7, 11) is 0. The number of carbonyl (C=O) groups excluding carboxylic acids is 1. The minimum Gasteiger partial charge on any atom is -0.399 e. The summed E-state index contributed by atoms with van der Waals surface area (Å²) >= 11 is 0. The highest BCUT2D eigenvalue weighted by Gasteiger charge is 2.22. The molecule has 1 fully saturated rings. The highest BCUT2D eigenvalue weighted by Crippen LogP contribution is 2.32. The standard InChI is InChI=1S/C13H15NO/c14-12-6-3-10(4-7-12)5-8-13(15)9-11-1-2-11/h3-8,11H,1-2,9,14H2/b8-5+. The van der Waals surface area contributed by atoms with Crippen molar-refractivity contribution in [2.45, 2.75) is 19.3 Å². The number of rotatable bonds is 4. The van der Waals surface area contributed by atoms with Gasteiger partial charge in [-0.2, -0.15) is 0 Å². The molecule has 2 N–H and O–H groups in total. The molecule has 0 aliphatic heterocycles. The Morgan fingerprint density at radius 2 is 2.00 bits per heavy atom. The topological polar surface area (TPSA) is 43.1 Å². The van der Waals surface area contributed by atoms with Crippen LogP contribution in [0.4, 0.5) is 5.69 Å². The third-order valence-corrected chi connectivity index (χ3v) is 2.58. The molecule has 2 nitrogen and oxygen atoms in total. The van der Waals surface area contributed by atoms with Gasteiger partial charge in [0.05, 0.1) is 0 Å². The quantitative estimate of drug-likeness (QED) is 0.601. The second-order valence-corrected chi connectivity index (χ2v) is 4.11. The lowest BCUT2D eigenvalue weighted by molar-refractivity contribution is -0.114.